The van der Waals surface area contributed by atoms with E-state index in [-0.39, 0.29) is 18.9 Å². The van der Waals surface area contributed by atoms with E-state index < -0.39 is 6.10 Å². The van der Waals surface area contributed by atoms with Crippen LogP contribution in [0, 0.1) is 0 Å². The molecule has 0 aromatic heterocycles. The molecule has 0 heterocycles. The van der Waals surface area contributed by atoms with Crippen molar-refractivity contribution in [3.8, 4) is 5.75 Å². The van der Waals surface area contributed by atoms with Crippen molar-refractivity contribution in [3.05, 3.63) is 29.8 Å². The van der Waals surface area contributed by atoms with Crippen LogP contribution in [0.1, 0.15) is 18.1 Å². The first-order valence-corrected chi connectivity index (χ1v) is 5.46. The molecule has 94 valence electrons. The van der Waals surface area contributed by atoms with Gasteiger partial charge in [0.25, 0.3) is 0 Å². The van der Waals surface area contributed by atoms with Crippen LogP contribution in [0.15, 0.2) is 24.3 Å². The van der Waals surface area contributed by atoms with Crippen LogP contribution in [-0.2, 0) is 4.79 Å². The number of aliphatic hydroxyl groups excluding tert-OH is 1. The molecule has 0 radical (unpaired) electrons. The van der Waals surface area contributed by atoms with Crippen molar-refractivity contribution >= 4 is 5.91 Å². The molecular formula is C12H18N2O3. The van der Waals surface area contributed by atoms with Gasteiger partial charge in [-0.25, -0.2) is 0 Å². The summed E-state index contributed by atoms with van der Waals surface area (Å²) < 4.78 is 5.05. The Labute approximate surface area is 101 Å². The van der Waals surface area contributed by atoms with Crippen molar-refractivity contribution in [3.63, 3.8) is 0 Å². The number of amides is 1. The minimum atomic E-state index is -0.744. The Balaban J connectivity index is 2.51. The monoisotopic (exact) mass is 238 g/mol. The molecule has 1 amide bonds. The molecule has 1 unspecified atom stereocenters. The molecule has 17 heavy (non-hydrogen) atoms. The molecule has 5 heteroatoms. The molecule has 1 aromatic carbocycles. The minimum absolute atomic E-state index is 0.158. The van der Waals surface area contributed by atoms with Crippen LogP contribution in [-0.4, -0.2) is 31.2 Å². The SMILES string of the molecule is COc1cccc(C(O)CNC(=O)CCN)c1. The summed E-state index contributed by atoms with van der Waals surface area (Å²) in [4.78, 5) is 11.2. The first-order valence-electron chi connectivity index (χ1n) is 5.46. The summed E-state index contributed by atoms with van der Waals surface area (Å²) in [7, 11) is 1.56. The standard InChI is InChI=1S/C12H18N2O3/c1-17-10-4-2-3-9(7-10)11(15)8-14-12(16)5-6-13/h2-4,7,11,15H,5-6,8,13H2,1H3,(H,14,16). The molecule has 1 aromatic rings. The molecular weight excluding hydrogens is 220 g/mol. The summed E-state index contributed by atoms with van der Waals surface area (Å²) in [6.07, 6.45) is -0.475. The molecule has 0 fully saturated rings. The Morgan fingerprint density at radius 1 is 1.59 bits per heavy atom. The number of rotatable bonds is 6. The van der Waals surface area contributed by atoms with Crippen LogP contribution >= 0.6 is 0 Å². The molecule has 0 bridgehead atoms. The van der Waals surface area contributed by atoms with Crippen LogP contribution in [0.5, 0.6) is 5.75 Å². The number of ether oxygens (including phenoxy) is 1. The molecule has 0 aliphatic rings. The number of carbonyl (C=O) groups excluding carboxylic acids is 1. The fraction of sp³-hybridized carbons (Fsp3) is 0.417. The lowest BCUT2D eigenvalue weighted by Gasteiger charge is -2.13. The maximum absolute atomic E-state index is 11.2. The molecule has 0 saturated carbocycles. The van der Waals surface area contributed by atoms with E-state index in [1.54, 1.807) is 31.4 Å². The highest BCUT2D eigenvalue weighted by Gasteiger charge is 2.09. The smallest absolute Gasteiger partial charge is 0.221 e. The van der Waals surface area contributed by atoms with Gasteiger partial charge in [-0.05, 0) is 17.7 Å². The van der Waals surface area contributed by atoms with Gasteiger partial charge < -0.3 is 20.9 Å². The fourth-order valence-electron chi connectivity index (χ4n) is 1.40. The third-order valence-electron chi connectivity index (χ3n) is 2.34. The zero-order valence-corrected chi connectivity index (χ0v) is 9.85. The Bertz CT molecular complexity index is 369. The van der Waals surface area contributed by atoms with E-state index >= 15 is 0 Å². The zero-order valence-electron chi connectivity index (χ0n) is 9.85. The second-order valence-corrected chi connectivity index (χ2v) is 3.64. The van der Waals surface area contributed by atoms with Crippen LogP contribution in [0.4, 0.5) is 0 Å². The van der Waals surface area contributed by atoms with Gasteiger partial charge >= 0.3 is 0 Å². The van der Waals surface area contributed by atoms with E-state index in [1.807, 2.05) is 0 Å². The number of methoxy groups -OCH3 is 1. The third kappa shape index (κ3) is 4.42. The number of carbonyl (C=O) groups is 1. The van der Waals surface area contributed by atoms with Crippen molar-refractivity contribution in [1.29, 1.82) is 0 Å². The van der Waals surface area contributed by atoms with Gasteiger partial charge in [0.1, 0.15) is 5.75 Å². The number of benzene rings is 1. The van der Waals surface area contributed by atoms with Crippen LogP contribution in [0.25, 0.3) is 0 Å². The largest absolute Gasteiger partial charge is 0.497 e. The number of nitrogens with one attached hydrogen (secondary N) is 1. The van der Waals surface area contributed by atoms with Crippen LogP contribution in [0.3, 0.4) is 0 Å². The predicted molar refractivity (Wildman–Crippen MR) is 64.6 cm³/mol. The van der Waals surface area contributed by atoms with Crippen molar-refractivity contribution in [2.75, 3.05) is 20.2 Å². The zero-order chi connectivity index (χ0) is 12.7. The Morgan fingerprint density at radius 3 is 3.00 bits per heavy atom. The highest BCUT2D eigenvalue weighted by molar-refractivity contribution is 5.76. The Morgan fingerprint density at radius 2 is 2.35 bits per heavy atom. The minimum Gasteiger partial charge on any atom is -0.497 e. The van der Waals surface area contributed by atoms with E-state index in [0.29, 0.717) is 17.9 Å². The molecule has 0 aliphatic carbocycles. The van der Waals surface area contributed by atoms with Crippen molar-refractivity contribution < 1.29 is 14.6 Å². The lowest BCUT2D eigenvalue weighted by atomic mass is 10.1. The molecule has 0 spiro atoms. The summed E-state index contributed by atoms with van der Waals surface area (Å²) in [6, 6.07) is 7.10. The second kappa shape index (κ2) is 6.88. The van der Waals surface area contributed by atoms with E-state index in [0.717, 1.165) is 0 Å². The number of nitrogens with two attached hydrogens (primary N) is 1. The van der Waals surface area contributed by atoms with Gasteiger partial charge in [0.15, 0.2) is 0 Å². The molecule has 0 aliphatic heterocycles. The van der Waals surface area contributed by atoms with Crippen LogP contribution < -0.4 is 15.8 Å². The lowest BCUT2D eigenvalue weighted by molar-refractivity contribution is -0.121. The summed E-state index contributed by atoms with van der Waals surface area (Å²) >= 11 is 0. The highest BCUT2D eigenvalue weighted by atomic mass is 16.5. The summed E-state index contributed by atoms with van der Waals surface area (Å²) in [6.45, 7) is 0.479. The van der Waals surface area contributed by atoms with Gasteiger partial charge in [-0.3, -0.25) is 4.79 Å². The average Bonchev–Trinajstić information content (AvgIpc) is 2.36. The van der Waals surface area contributed by atoms with Gasteiger partial charge in [0, 0.05) is 19.5 Å². The van der Waals surface area contributed by atoms with E-state index in [1.165, 1.54) is 0 Å². The van der Waals surface area contributed by atoms with E-state index in [4.69, 9.17) is 10.5 Å². The normalized spacial score (nSPS) is 11.9. The van der Waals surface area contributed by atoms with Crippen molar-refractivity contribution in [1.82, 2.24) is 5.32 Å². The Hall–Kier alpha value is -1.59. The molecule has 4 N–H and O–H groups in total. The molecule has 1 atom stereocenters. The molecule has 5 nitrogen and oxygen atoms in total. The number of hydrogen-bond donors (Lipinski definition) is 3. The third-order valence-corrected chi connectivity index (χ3v) is 2.34. The summed E-state index contributed by atoms with van der Waals surface area (Å²) in [5.41, 5.74) is 5.95. The van der Waals surface area contributed by atoms with Crippen molar-refractivity contribution in [2.45, 2.75) is 12.5 Å². The highest BCUT2D eigenvalue weighted by Crippen LogP contribution is 2.18. The van der Waals surface area contributed by atoms with Gasteiger partial charge in [-0.15, -0.1) is 0 Å². The lowest BCUT2D eigenvalue weighted by Crippen LogP contribution is -2.29. The first kappa shape index (κ1) is 13.5. The average molecular weight is 238 g/mol. The van der Waals surface area contributed by atoms with E-state index in [2.05, 4.69) is 5.32 Å². The molecule has 1 rings (SSSR count). The maximum atomic E-state index is 11.2. The topological polar surface area (TPSA) is 84.6 Å². The maximum Gasteiger partial charge on any atom is 0.221 e. The summed E-state index contributed by atoms with van der Waals surface area (Å²) in [5.74, 6) is 0.518. The second-order valence-electron chi connectivity index (χ2n) is 3.64. The van der Waals surface area contributed by atoms with Gasteiger partial charge in [0.2, 0.25) is 5.91 Å². The van der Waals surface area contributed by atoms with Crippen LogP contribution in [0.2, 0.25) is 0 Å². The van der Waals surface area contributed by atoms with Gasteiger partial charge in [-0.2, -0.15) is 0 Å². The number of hydrogen-bond acceptors (Lipinski definition) is 4. The van der Waals surface area contributed by atoms with E-state index in [9.17, 15) is 9.90 Å². The fourth-order valence-corrected chi connectivity index (χ4v) is 1.40. The summed E-state index contributed by atoms with van der Waals surface area (Å²) in [5, 5.41) is 12.5. The molecule has 0 saturated heterocycles. The Kier molecular flexibility index (Phi) is 5.45. The number of aliphatic hydroxyl groups is 1. The quantitative estimate of drug-likeness (QED) is 0.660. The van der Waals surface area contributed by atoms with Crippen molar-refractivity contribution in [2.24, 2.45) is 5.73 Å². The predicted octanol–water partition coefficient (Wildman–Crippen LogP) is 0.194. The van der Waals surface area contributed by atoms with Gasteiger partial charge in [0.05, 0.1) is 13.2 Å². The van der Waals surface area contributed by atoms with Gasteiger partial charge in [-0.1, -0.05) is 12.1 Å². The first-order chi connectivity index (χ1) is 8.17.